The summed E-state index contributed by atoms with van der Waals surface area (Å²) in [4.78, 5) is 47.8. The van der Waals surface area contributed by atoms with Crippen LogP contribution in [0.5, 0.6) is 0 Å². The normalized spacial score (nSPS) is 11.0. The van der Waals surface area contributed by atoms with Crippen LogP contribution in [0.15, 0.2) is 72.0 Å². The number of pyridine rings is 1. The molecule has 0 fully saturated rings. The molecule has 0 atom stereocenters. The predicted octanol–water partition coefficient (Wildman–Crippen LogP) is 5.04. The third-order valence-corrected chi connectivity index (χ3v) is 6.70. The molecule has 230 valence electrons. The summed E-state index contributed by atoms with van der Waals surface area (Å²) in [5, 5.41) is 7.28. The van der Waals surface area contributed by atoms with Crippen LogP contribution in [-0.2, 0) is 27.9 Å². The smallest absolute Gasteiger partial charge is 0.427 e. The molecule has 0 saturated heterocycles. The van der Waals surface area contributed by atoms with E-state index in [1.807, 2.05) is 48.9 Å². The Morgan fingerprint density at radius 1 is 1.05 bits per heavy atom. The summed E-state index contributed by atoms with van der Waals surface area (Å²) in [6, 6.07) is 18.2. The fourth-order valence-electron chi connectivity index (χ4n) is 4.34. The zero-order valence-electron chi connectivity index (χ0n) is 25.2. The fourth-order valence-corrected chi connectivity index (χ4v) is 4.34. The van der Waals surface area contributed by atoms with Gasteiger partial charge in [-0.25, -0.2) is 20.2 Å². The summed E-state index contributed by atoms with van der Waals surface area (Å²) >= 11 is 0. The van der Waals surface area contributed by atoms with Crippen LogP contribution in [0.25, 0.3) is 11.0 Å². The molecule has 0 aliphatic heterocycles. The minimum atomic E-state index is -0.577. The lowest BCUT2D eigenvalue weighted by Gasteiger charge is -2.21. The standard InChI is InChI=1S/C32H37N7O5/c1-4-6-19-44-32(42)37-35-21-23-10-13-25(14-11-23)34-22-29-36-26-20-24(12-15-27(26)38(29)3)31(41)39(18-16-30(40)43-5-2)28-9-7-8-17-33-28/h7-15,17,20-21,34H,4-6,16,18-19,22H2,1-3H3,(H,37,42)/b35-21+. The largest absolute Gasteiger partial charge is 0.466 e. The van der Waals surface area contributed by atoms with Gasteiger partial charge in [0.15, 0.2) is 0 Å². The molecule has 2 amide bonds. The Bertz CT molecular complexity index is 1590. The van der Waals surface area contributed by atoms with Gasteiger partial charge in [-0.05, 0) is 61.4 Å². The van der Waals surface area contributed by atoms with Crippen LogP contribution in [0, 0.1) is 0 Å². The van der Waals surface area contributed by atoms with Gasteiger partial charge < -0.3 is 19.4 Å². The highest BCUT2D eigenvalue weighted by molar-refractivity contribution is 6.07. The van der Waals surface area contributed by atoms with Gasteiger partial charge >= 0.3 is 12.1 Å². The van der Waals surface area contributed by atoms with Gasteiger partial charge in [0.2, 0.25) is 0 Å². The average molecular weight is 600 g/mol. The molecule has 0 unspecified atom stereocenters. The van der Waals surface area contributed by atoms with Crippen LogP contribution < -0.4 is 15.6 Å². The third kappa shape index (κ3) is 8.63. The van der Waals surface area contributed by atoms with Crippen molar-refractivity contribution < 1.29 is 23.9 Å². The van der Waals surface area contributed by atoms with E-state index in [1.165, 1.54) is 4.90 Å². The molecule has 4 rings (SSSR count). The van der Waals surface area contributed by atoms with Gasteiger partial charge in [-0.3, -0.25) is 14.5 Å². The lowest BCUT2D eigenvalue weighted by Crippen LogP contribution is -2.34. The number of carbonyl (C=O) groups excluding carboxylic acids is 3. The number of benzene rings is 2. The molecule has 0 aliphatic carbocycles. The maximum atomic E-state index is 13.6. The Kier molecular flexibility index (Phi) is 11.4. The molecule has 2 aromatic carbocycles. The van der Waals surface area contributed by atoms with Crippen LogP contribution >= 0.6 is 0 Å². The second-order valence-corrected chi connectivity index (χ2v) is 9.83. The van der Waals surface area contributed by atoms with Crippen LogP contribution in [-0.4, -0.2) is 58.5 Å². The maximum Gasteiger partial charge on any atom is 0.427 e. The van der Waals surface area contributed by atoms with Gasteiger partial charge in [-0.15, -0.1) is 0 Å². The topological polar surface area (TPSA) is 140 Å². The van der Waals surface area contributed by atoms with E-state index in [2.05, 4.69) is 20.8 Å². The zero-order chi connectivity index (χ0) is 31.3. The third-order valence-electron chi connectivity index (χ3n) is 6.70. The number of carbonyl (C=O) groups is 3. The molecule has 44 heavy (non-hydrogen) atoms. The number of nitrogens with one attached hydrogen (secondary N) is 2. The van der Waals surface area contributed by atoms with Crippen molar-refractivity contribution in [1.82, 2.24) is 20.0 Å². The number of hydrogen-bond acceptors (Lipinski definition) is 9. The molecule has 2 heterocycles. The first kappa shape index (κ1) is 31.7. The van der Waals surface area contributed by atoms with Gasteiger partial charge in [0.05, 0.1) is 43.4 Å². The minimum absolute atomic E-state index is 0.0518. The SMILES string of the molecule is CCCCOC(=O)N/N=C/c1ccc(NCc2nc3cc(C(=O)N(CCC(=O)OCC)c4ccccn4)ccc3n2C)cc1. The highest BCUT2D eigenvalue weighted by Crippen LogP contribution is 2.21. The van der Waals surface area contributed by atoms with Crippen molar-refractivity contribution in [1.29, 1.82) is 0 Å². The molecule has 0 aliphatic rings. The molecule has 0 radical (unpaired) electrons. The number of rotatable bonds is 14. The Morgan fingerprint density at radius 3 is 2.59 bits per heavy atom. The van der Waals surface area contributed by atoms with Crippen LogP contribution in [0.2, 0.25) is 0 Å². The number of unbranched alkanes of at least 4 members (excludes halogenated alkanes) is 1. The summed E-state index contributed by atoms with van der Waals surface area (Å²) in [7, 11) is 1.92. The number of fused-ring (bicyclic) bond motifs is 1. The van der Waals surface area contributed by atoms with Crippen molar-refractivity contribution >= 4 is 46.7 Å². The van der Waals surface area contributed by atoms with Gasteiger partial charge in [0.25, 0.3) is 5.91 Å². The maximum absolute atomic E-state index is 13.6. The van der Waals surface area contributed by atoms with Crippen molar-refractivity contribution in [2.75, 3.05) is 30.0 Å². The number of hydrazone groups is 1. The highest BCUT2D eigenvalue weighted by Gasteiger charge is 2.21. The number of anilines is 2. The van der Waals surface area contributed by atoms with Gasteiger partial charge in [0.1, 0.15) is 11.6 Å². The second-order valence-electron chi connectivity index (χ2n) is 9.83. The number of esters is 1. The van der Waals surface area contributed by atoms with Crippen molar-refractivity contribution in [3.63, 3.8) is 0 Å². The molecule has 0 saturated carbocycles. The van der Waals surface area contributed by atoms with E-state index in [0.29, 0.717) is 30.0 Å². The van der Waals surface area contributed by atoms with Crippen molar-refractivity contribution in [3.05, 3.63) is 83.8 Å². The molecule has 12 nitrogen and oxygen atoms in total. The van der Waals surface area contributed by atoms with E-state index >= 15 is 0 Å². The Hall–Kier alpha value is -5.26. The van der Waals surface area contributed by atoms with Gasteiger partial charge in [0, 0.05) is 31.0 Å². The number of ether oxygens (including phenoxy) is 2. The first-order chi connectivity index (χ1) is 21.4. The van der Waals surface area contributed by atoms with E-state index < -0.39 is 6.09 Å². The van der Waals surface area contributed by atoms with Crippen LogP contribution in [0.1, 0.15) is 54.9 Å². The number of amides is 2. The molecule has 2 aromatic heterocycles. The second kappa shape index (κ2) is 15.8. The first-order valence-corrected chi connectivity index (χ1v) is 14.5. The number of aryl methyl sites for hydroxylation is 1. The Labute approximate surface area is 256 Å². The minimum Gasteiger partial charge on any atom is -0.466 e. The summed E-state index contributed by atoms with van der Waals surface area (Å²) in [6.07, 6.45) is 4.38. The van der Waals surface area contributed by atoms with Crippen LogP contribution in [0.4, 0.5) is 16.3 Å². The Morgan fingerprint density at radius 2 is 1.86 bits per heavy atom. The molecular weight excluding hydrogens is 562 g/mol. The summed E-state index contributed by atoms with van der Waals surface area (Å²) < 4.78 is 12.0. The fraction of sp³-hybridized carbons (Fsp3) is 0.312. The molecule has 2 N–H and O–H groups in total. The summed E-state index contributed by atoms with van der Waals surface area (Å²) in [5.74, 6) is 0.571. The molecule has 4 aromatic rings. The van der Waals surface area contributed by atoms with E-state index in [9.17, 15) is 14.4 Å². The van der Waals surface area contributed by atoms with E-state index in [4.69, 9.17) is 14.5 Å². The Balaban J connectivity index is 1.40. The number of aromatic nitrogens is 3. The molecule has 12 heteroatoms. The van der Waals surface area contributed by atoms with E-state index in [0.717, 1.165) is 35.4 Å². The van der Waals surface area contributed by atoms with Gasteiger partial charge in [-0.1, -0.05) is 31.5 Å². The van der Waals surface area contributed by atoms with Gasteiger partial charge in [-0.2, -0.15) is 5.10 Å². The number of nitrogens with zero attached hydrogens (tertiary/aromatic N) is 5. The molecular formula is C32H37N7O5. The first-order valence-electron chi connectivity index (χ1n) is 14.5. The number of hydrogen-bond donors (Lipinski definition) is 2. The molecule has 0 bridgehead atoms. The summed E-state index contributed by atoms with van der Waals surface area (Å²) in [6.45, 7) is 5.00. The summed E-state index contributed by atoms with van der Waals surface area (Å²) in [5.41, 5.74) is 6.02. The average Bonchev–Trinajstić information content (AvgIpc) is 3.35. The van der Waals surface area contributed by atoms with Crippen molar-refractivity contribution in [2.24, 2.45) is 12.1 Å². The number of imidazole rings is 1. The highest BCUT2D eigenvalue weighted by atomic mass is 16.6. The van der Waals surface area contributed by atoms with Crippen molar-refractivity contribution in [2.45, 2.75) is 39.7 Å². The molecule has 0 spiro atoms. The van der Waals surface area contributed by atoms with E-state index in [1.54, 1.807) is 49.7 Å². The van der Waals surface area contributed by atoms with E-state index in [-0.39, 0.29) is 31.4 Å². The predicted molar refractivity (Wildman–Crippen MR) is 169 cm³/mol. The van der Waals surface area contributed by atoms with Crippen molar-refractivity contribution in [3.8, 4) is 0 Å². The lowest BCUT2D eigenvalue weighted by atomic mass is 10.1. The van der Waals surface area contributed by atoms with Crippen LogP contribution in [0.3, 0.4) is 0 Å². The monoisotopic (exact) mass is 599 g/mol. The quantitative estimate of drug-likeness (QED) is 0.0889. The lowest BCUT2D eigenvalue weighted by molar-refractivity contribution is -0.142. The zero-order valence-corrected chi connectivity index (χ0v) is 25.2.